The average Bonchev–Trinajstić information content (AvgIpc) is 2.27. The molecule has 1 aromatic carbocycles. The molecule has 0 unspecified atom stereocenters. The van der Waals surface area contributed by atoms with Crippen molar-refractivity contribution in [3.05, 3.63) is 29.3 Å². The van der Waals surface area contributed by atoms with E-state index in [-0.39, 0.29) is 11.4 Å². The quantitative estimate of drug-likeness (QED) is 0.771. The molecule has 1 aliphatic heterocycles. The van der Waals surface area contributed by atoms with E-state index in [0.717, 1.165) is 11.1 Å². The monoisotopic (exact) mass is 248 g/mol. The maximum absolute atomic E-state index is 12.6. The number of rotatable bonds is 1. The number of amides is 1. The van der Waals surface area contributed by atoms with Crippen LogP contribution in [-0.2, 0) is 4.74 Å². The molecular weight excluding hydrogens is 228 g/mol. The molecule has 4 nitrogen and oxygen atoms in total. The van der Waals surface area contributed by atoms with E-state index in [1.807, 2.05) is 31.7 Å². The number of nitrogens with two attached hydrogens (primary N) is 1. The molecule has 98 valence electrons. The molecular formula is C14H20N2O2. The van der Waals surface area contributed by atoms with E-state index >= 15 is 0 Å². The van der Waals surface area contributed by atoms with Crippen molar-refractivity contribution in [3.63, 3.8) is 0 Å². The summed E-state index contributed by atoms with van der Waals surface area (Å²) in [6.45, 7) is 7.77. The Labute approximate surface area is 108 Å². The van der Waals surface area contributed by atoms with Crippen molar-refractivity contribution in [2.45, 2.75) is 26.3 Å². The second kappa shape index (κ2) is 4.61. The normalized spacial score (nSPS) is 18.7. The van der Waals surface area contributed by atoms with Crippen LogP contribution < -0.4 is 5.73 Å². The number of hydrogen-bond acceptors (Lipinski definition) is 3. The highest BCUT2D eigenvalue weighted by atomic mass is 16.5. The van der Waals surface area contributed by atoms with Gasteiger partial charge in [-0.2, -0.15) is 0 Å². The largest absolute Gasteiger partial charge is 0.399 e. The van der Waals surface area contributed by atoms with E-state index in [1.54, 1.807) is 12.1 Å². The van der Waals surface area contributed by atoms with E-state index in [4.69, 9.17) is 10.5 Å². The first-order chi connectivity index (χ1) is 8.42. The minimum atomic E-state index is -0.261. The van der Waals surface area contributed by atoms with Gasteiger partial charge in [0.1, 0.15) is 0 Å². The zero-order valence-electron chi connectivity index (χ0n) is 11.2. The fraction of sp³-hybridized carbons (Fsp3) is 0.500. The molecule has 0 saturated carbocycles. The summed E-state index contributed by atoms with van der Waals surface area (Å²) in [5.41, 5.74) is 7.78. The second-order valence-corrected chi connectivity index (χ2v) is 5.40. The van der Waals surface area contributed by atoms with Crippen molar-refractivity contribution in [3.8, 4) is 0 Å². The van der Waals surface area contributed by atoms with Crippen LogP contribution in [0.5, 0.6) is 0 Å². The number of nitrogen functional groups attached to an aromatic ring is 1. The highest BCUT2D eigenvalue weighted by Gasteiger charge is 2.34. The number of carbonyl (C=O) groups excluding carboxylic acids is 1. The third kappa shape index (κ3) is 2.34. The Morgan fingerprint density at radius 3 is 2.78 bits per heavy atom. The molecule has 0 aliphatic carbocycles. The van der Waals surface area contributed by atoms with Crippen LogP contribution in [0.15, 0.2) is 18.2 Å². The summed E-state index contributed by atoms with van der Waals surface area (Å²) >= 11 is 0. The molecule has 0 aromatic heterocycles. The first kappa shape index (κ1) is 12.9. The number of carbonyl (C=O) groups is 1. The molecule has 0 atom stereocenters. The number of benzene rings is 1. The van der Waals surface area contributed by atoms with Gasteiger partial charge in [0.2, 0.25) is 0 Å². The van der Waals surface area contributed by atoms with Crippen LogP contribution in [0.3, 0.4) is 0 Å². The minimum absolute atomic E-state index is 0.0563. The summed E-state index contributed by atoms with van der Waals surface area (Å²) < 4.78 is 5.44. The average molecular weight is 248 g/mol. The number of hydrogen-bond donors (Lipinski definition) is 1. The van der Waals surface area contributed by atoms with E-state index in [0.29, 0.717) is 25.4 Å². The zero-order valence-corrected chi connectivity index (χ0v) is 11.2. The minimum Gasteiger partial charge on any atom is -0.399 e. The lowest BCUT2D eigenvalue weighted by Gasteiger charge is -2.42. The first-order valence-electron chi connectivity index (χ1n) is 6.18. The summed E-state index contributed by atoms with van der Waals surface area (Å²) in [6, 6.07) is 5.41. The third-order valence-corrected chi connectivity index (χ3v) is 3.37. The molecule has 2 rings (SSSR count). The Morgan fingerprint density at radius 1 is 1.44 bits per heavy atom. The van der Waals surface area contributed by atoms with Gasteiger partial charge in [0.15, 0.2) is 0 Å². The van der Waals surface area contributed by atoms with Crippen molar-refractivity contribution in [1.29, 1.82) is 0 Å². The van der Waals surface area contributed by atoms with E-state index < -0.39 is 0 Å². The molecule has 1 fully saturated rings. The predicted molar refractivity (Wildman–Crippen MR) is 71.5 cm³/mol. The molecule has 0 spiro atoms. The third-order valence-electron chi connectivity index (χ3n) is 3.37. The SMILES string of the molecule is Cc1cc(N)ccc1C(=O)N1CCOCC1(C)C. The second-order valence-electron chi connectivity index (χ2n) is 5.40. The van der Waals surface area contributed by atoms with E-state index in [9.17, 15) is 4.79 Å². The number of morpholine rings is 1. The number of anilines is 1. The Hall–Kier alpha value is -1.55. The number of nitrogens with zero attached hydrogens (tertiary/aromatic N) is 1. The highest BCUT2D eigenvalue weighted by Crippen LogP contribution is 2.23. The van der Waals surface area contributed by atoms with Gasteiger partial charge in [-0.15, -0.1) is 0 Å². The molecule has 1 saturated heterocycles. The van der Waals surface area contributed by atoms with Gasteiger partial charge in [0.25, 0.3) is 5.91 Å². The maximum Gasteiger partial charge on any atom is 0.254 e. The lowest BCUT2D eigenvalue weighted by Crippen LogP contribution is -2.55. The fourth-order valence-corrected chi connectivity index (χ4v) is 2.31. The number of aryl methyl sites for hydroxylation is 1. The maximum atomic E-state index is 12.6. The van der Waals surface area contributed by atoms with Crippen LogP contribution in [0.25, 0.3) is 0 Å². The van der Waals surface area contributed by atoms with Crippen molar-refractivity contribution in [2.75, 3.05) is 25.5 Å². The topological polar surface area (TPSA) is 55.6 Å². The Morgan fingerprint density at radius 2 is 2.17 bits per heavy atom. The summed E-state index contributed by atoms with van der Waals surface area (Å²) in [6.07, 6.45) is 0. The molecule has 18 heavy (non-hydrogen) atoms. The van der Waals surface area contributed by atoms with Crippen LogP contribution in [0.2, 0.25) is 0 Å². The zero-order chi connectivity index (χ0) is 13.3. The van der Waals surface area contributed by atoms with Gasteiger partial charge in [0, 0.05) is 17.8 Å². The molecule has 0 radical (unpaired) electrons. The molecule has 0 bridgehead atoms. The molecule has 1 amide bonds. The lowest BCUT2D eigenvalue weighted by atomic mass is 9.99. The van der Waals surface area contributed by atoms with Crippen LogP contribution in [0.4, 0.5) is 5.69 Å². The Bertz CT molecular complexity index is 469. The van der Waals surface area contributed by atoms with E-state index in [1.165, 1.54) is 0 Å². The van der Waals surface area contributed by atoms with Gasteiger partial charge < -0.3 is 15.4 Å². The molecule has 1 aromatic rings. The van der Waals surface area contributed by atoms with Crippen molar-refractivity contribution >= 4 is 11.6 Å². The van der Waals surface area contributed by atoms with Crippen molar-refractivity contribution in [2.24, 2.45) is 0 Å². The summed E-state index contributed by atoms with van der Waals surface area (Å²) in [5.74, 6) is 0.0563. The van der Waals surface area contributed by atoms with Gasteiger partial charge in [-0.1, -0.05) is 0 Å². The van der Waals surface area contributed by atoms with Crippen molar-refractivity contribution in [1.82, 2.24) is 4.90 Å². The number of ether oxygens (including phenoxy) is 1. The fourth-order valence-electron chi connectivity index (χ4n) is 2.31. The summed E-state index contributed by atoms with van der Waals surface area (Å²) in [5, 5.41) is 0. The molecule has 1 heterocycles. The van der Waals surface area contributed by atoms with Gasteiger partial charge in [-0.3, -0.25) is 4.79 Å². The van der Waals surface area contributed by atoms with Crippen LogP contribution in [-0.4, -0.2) is 36.1 Å². The van der Waals surface area contributed by atoms with Gasteiger partial charge >= 0.3 is 0 Å². The van der Waals surface area contributed by atoms with Crippen molar-refractivity contribution < 1.29 is 9.53 Å². The molecule has 4 heteroatoms. The molecule has 2 N–H and O–H groups in total. The predicted octanol–water partition coefficient (Wildman–Crippen LogP) is 1.83. The Balaban J connectivity index is 2.30. The van der Waals surface area contributed by atoms with Gasteiger partial charge in [0.05, 0.1) is 18.8 Å². The van der Waals surface area contributed by atoms with Crippen LogP contribution >= 0.6 is 0 Å². The van der Waals surface area contributed by atoms with Gasteiger partial charge in [-0.25, -0.2) is 0 Å². The molecule has 1 aliphatic rings. The first-order valence-corrected chi connectivity index (χ1v) is 6.18. The summed E-state index contributed by atoms with van der Waals surface area (Å²) in [7, 11) is 0. The van der Waals surface area contributed by atoms with Gasteiger partial charge in [-0.05, 0) is 44.5 Å². The smallest absolute Gasteiger partial charge is 0.254 e. The highest BCUT2D eigenvalue weighted by molar-refractivity contribution is 5.96. The van der Waals surface area contributed by atoms with Crippen LogP contribution in [0, 0.1) is 6.92 Å². The lowest BCUT2D eigenvalue weighted by molar-refractivity contribution is -0.0370. The van der Waals surface area contributed by atoms with Crippen LogP contribution in [0.1, 0.15) is 29.8 Å². The van der Waals surface area contributed by atoms with E-state index in [2.05, 4.69) is 0 Å². The summed E-state index contributed by atoms with van der Waals surface area (Å²) in [4.78, 5) is 14.5. The standard InChI is InChI=1S/C14H20N2O2/c1-10-8-11(15)4-5-12(10)13(17)16-6-7-18-9-14(16,2)3/h4-5,8H,6-7,9,15H2,1-3H3. The Kier molecular flexibility index (Phi) is 3.30.